The maximum absolute atomic E-state index is 9.08. The van der Waals surface area contributed by atoms with Gasteiger partial charge < -0.3 is 10.4 Å². The summed E-state index contributed by atoms with van der Waals surface area (Å²) in [5.41, 5.74) is 0.953. The smallest absolute Gasteiger partial charge is 0.0753 e. The van der Waals surface area contributed by atoms with Crippen LogP contribution in [0.1, 0.15) is 38.4 Å². The second-order valence-electron chi connectivity index (χ2n) is 3.80. The Labute approximate surface area is 90.8 Å². The van der Waals surface area contributed by atoms with Crippen LogP contribution >= 0.6 is 0 Å². The second kappa shape index (κ2) is 6.48. The second-order valence-corrected chi connectivity index (χ2v) is 3.80. The van der Waals surface area contributed by atoms with Crippen LogP contribution in [0.3, 0.4) is 0 Å². The monoisotopic (exact) mass is 209 g/mol. The summed E-state index contributed by atoms with van der Waals surface area (Å²) in [7, 11) is 0. The lowest BCUT2D eigenvalue weighted by Gasteiger charge is -2.12. The van der Waals surface area contributed by atoms with Gasteiger partial charge in [-0.2, -0.15) is 0 Å². The van der Waals surface area contributed by atoms with E-state index in [0.29, 0.717) is 0 Å². The van der Waals surface area contributed by atoms with Crippen LogP contribution in [-0.2, 0) is 0 Å². The van der Waals surface area contributed by atoms with Crippen LogP contribution in [0.15, 0.2) is 18.6 Å². The molecule has 15 heavy (non-hydrogen) atoms. The van der Waals surface area contributed by atoms with E-state index in [0.717, 1.165) is 25.1 Å². The lowest BCUT2D eigenvalue weighted by Crippen LogP contribution is -2.21. The molecule has 0 saturated heterocycles. The SMILES string of the molecule is CC(O)CCCNC(C)c1cnccn1. The maximum Gasteiger partial charge on any atom is 0.0753 e. The fraction of sp³-hybridized carbons (Fsp3) is 0.636. The van der Waals surface area contributed by atoms with Crippen LogP contribution in [0.5, 0.6) is 0 Å². The van der Waals surface area contributed by atoms with Crippen molar-refractivity contribution >= 4 is 0 Å². The largest absolute Gasteiger partial charge is 0.393 e. The van der Waals surface area contributed by atoms with Gasteiger partial charge in [-0.25, -0.2) is 0 Å². The van der Waals surface area contributed by atoms with Crippen molar-refractivity contribution in [3.8, 4) is 0 Å². The van der Waals surface area contributed by atoms with E-state index in [-0.39, 0.29) is 12.1 Å². The predicted molar refractivity (Wildman–Crippen MR) is 59.4 cm³/mol. The van der Waals surface area contributed by atoms with Crippen molar-refractivity contribution in [3.63, 3.8) is 0 Å². The normalized spacial score (nSPS) is 14.9. The molecule has 2 atom stereocenters. The Morgan fingerprint density at radius 2 is 2.20 bits per heavy atom. The number of hydrogen-bond donors (Lipinski definition) is 2. The molecule has 1 rings (SSSR count). The van der Waals surface area contributed by atoms with Gasteiger partial charge in [0, 0.05) is 24.6 Å². The molecule has 84 valence electrons. The van der Waals surface area contributed by atoms with Crippen molar-refractivity contribution in [1.29, 1.82) is 0 Å². The Bertz CT molecular complexity index is 264. The fourth-order valence-corrected chi connectivity index (χ4v) is 1.35. The van der Waals surface area contributed by atoms with Crippen molar-refractivity contribution in [2.45, 2.75) is 38.8 Å². The Kier molecular flexibility index (Phi) is 5.21. The molecule has 0 aliphatic carbocycles. The summed E-state index contributed by atoms with van der Waals surface area (Å²) in [6, 6.07) is 0.215. The first-order chi connectivity index (χ1) is 7.20. The first-order valence-electron chi connectivity index (χ1n) is 5.37. The highest BCUT2D eigenvalue weighted by atomic mass is 16.3. The minimum absolute atomic E-state index is 0.210. The number of aliphatic hydroxyl groups is 1. The molecule has 1 aromatic rings. The first-order valence-corrected chi connectivity index (χ1v) is 5.37. The Balaban J connectivity index is 2.22. The third-order valence-corrected chi connectivity index (χ3v) is 2.28. The van der Waals surface area contributed by atoms with Crippen LogP contribution < -0.4 is 5.32 Å². The molecule has 4 nitrogen and oxygen atoms in total. The number of aliphatic hydroxyl groups excluding tert-OH is 1. The number of rotatable bonds is 6. The van der Waals surface area contributed by atoms with Crippen molar-refractivity contribution in [2.24, 2.45) is 0 Å². The zero-order chi connectivity index (χ0) is 11.1. The number of hydrogen-bond acceptors (Lipinski definition) is 4. The van der Waals surface area contributed by atoms with Gasteiger partial charge >= 0.3 is 0 Å². The van der Waals surface area contributed by atoms with E-state index >= 15 is 0 Å². The lowest BCUT2D eigenvalue weighted by molar-refractivity contribution is 0.181. The number of nitrogens with one attached hydrogen (secondary N) is 1. The molecule has 0 aromatic carbocycles. The average Bonchev–Trinajstić information content (AvgIpc) is 2.25. The van der Waals surface area contributed by atoms with Crippen LogP contribution in [-0.4, -0.2) is 27.7 Å². The van der Waals surface area contributed by atoms with Gasteiger partial charge in [0.25, 0.3) is 0 Å². The fourth-order valence-electron chi connectivity index (χ4n) is 1.35. The van der Waals surface area contributed by atoms with Gasteiger partial charge in [0.05, 0.1) is 11.8 Å². The molecule has 0 fully saturated rings. The zero-order valence-corrected chi connectivity index (χ0v) is 9.35. The summed E-state index contributed by atoms with van der Waals surface area (Å²) in [6.07, 6.45) is 6.74. The maximum atomic E-state index is 9.08. The highest BCUT2D eigenvalue weighted by Gasteiger charge is 2.05. The third-order valence-electron chi connectivity index (χ3n) is 2.28. The number of nitrogens with zero attached hydrogens (tertiary/aromatic N) is 2. The van der Waals surface area contributed by atoms with Crippen LogP contribution in [0, 0.1) is 0 Å². The highest BCUT2D eigenvalue weighted by molar-refractivity contribution is 5.00. The predicted octanol–water partition coefficient (Wildman–Crippen LogP) is 1.29. The molecule has 0 radical (unpaired) electrons. The van der Waals surface area contributed by atoms with Crippen molar-refractivity contribution in [1.82, 2.24) is 15.3 Å². The molecule has 1 aromatic heterocycles. The number of aromatic nitrogens is 2. The van der Waals surface area contributed by atoms with Gasteiger partial charge in [-0.05, 0) is 33.2 Å². The zero-order valence-electron chi connectivity index (χ0n) is 9.35. The summed E-state index contributed by atoms with van der Waals surface area (Å²) in [6.45, 7) is 4.77. The van der Waals surface area contributed by atoms with Gasteiger partial charge in [0.15, 0.2) is 0 Å². The van der Waals surface area contributed by atoms with E-state index in [1.807, 2.05) is 6.92 Å². The van der Waals surface area contributed by atoms with Crippen molar-refractivity contribution in [2.75, 3.05) is 6.54 Å². The molecular formula is C11H19N3O. The van der Waals surface area contributed by atoms with E-state index < -0.39 is 0 Å². The topological polar surface area (TPSA) is 58.0 Å². The van der Waals surface area contributed by atoms with Gasteiger partial charge in [0.1, 0.15) is 0 Å². The summed E-state index contributed by atoms with van der Waals surface area (Å²) in [5.74, 6) is 0. The van der Waals surface area contributed by atoms with E-state index in [1.54, 1.807) is 18.6 Å². The summed E-state index contributed by atoms with van der Waals surface area (Å²) in [4.78, 5) is 8.24. The molecule has 0 spiro atoms. The summed E-state index contributed by atoms with van der Waals surface area (Å²) < 4.78 is 0. The molecule has 1 heterocycles. The third kappa shape index (κ3) is 4.85. The van der Waals surface area contributed by atoms with Crippen LogP contribution in [0.25, 0.3) is 0 Å². The van der Waals surface area contributed by atoms with Crippen molar-refractivity contribution in [3.05, 3.63) is 24.3 Å². The molecule has 4 heteroatoms. The Morgan fingerprint density at radius 1 is 1.40 bits per heavy atom. The molecule has 0 aliphatic rings. The van der Waals surface area contributed by atoms with Crippen molar-refractivity contribution < 1.29 is 5.11 Å². The molecule has 0 aliphatic heterocycles. The molecule has 2 unspecified atom stereocenters. The molecule has 2 N–H and O–H groups in total. The van der Waals surface area contributed by atoms with Gasteiger partial charge in [0.2, 0.25) is 0 Å². The average molecular weight is 209 g/mol. The quantitative estimate of drug-likeness (QED) is 0.693. The van der Waals surface area contributed by atoms with Gasteiger partial charge in [-0.1, -0.05) is 0 Å². The molecule has 0 amide bonds. The van der Waals surface area contributed by atoms with Crippen LogP contribution in [0.4, 0.5) is 0 Å². The highest BCUT2D eigenvalue weighted by Crippen LogP contribution is 2.06. The first kappa shape index (κ1) is 12.1. The summed E-state index contributed by atoms with van der Waals surface area (Å²) >= 11 is 0. The lowest BCUT2D eigenvalue weighted by atomic mass is 10.2. The Morgan fingerprint density at radius 3 is 2.80 bits per heavy atom. The van der Waals surface area contributed by atoms with Gasteiger partial charge in [-0.3, -0.25) is 9.97 Å². The van der Waals surface area contributed by atoms with Crippen LogP contribution in [0.2, 0.25) is 0 Å². The Hall–Kier alpha value is -1.00. The molecule has 0 bridgehead atoms. The summed E-state index contributed by atoms with van der Waals surface area (Å²) in [5, 5.41) is 12.4. The standard InChI is InChI=1S/C11H19N3O/c1-9(15)4-3-5-13-10(2)11-8-12-6-7-14-11/h6-10,13,15H,3-5H2,1-2H3. The minimum atomic E-state index is -0.210. The van der Waals surface area contributed by atoms with E-state index in [4.69, 9.17) is 5.11 Å². The van der Waals surface area contributed by atoms with Gasteiger partial charge in [-0.15, -0.1) is 0 Å². The van der Waals surface area contributed by atoms with E-state index in [2.05, 4.69) is 22.2 Å². The molecular weight excluding hydrogens is 190 g/mol. The minimum Gasteiger partial charge on any atom is -0.393 e. The molecule has 0 saturated carbocycles. The van der Waals surface area contributed by atoms with E-state index in [9.17, 15) is 0 Å². The van der Waals surface area contributed by atoms with E-state index in [1.165, 1.54) is 0 Å².